The van der Waals surface area contributed by atoms with E-state index in [4.69, 9.17) is 9.84 Å². The zero-order chi connectivity index (χ0) is 24.8. The van der Waals surface area contributed by atoms with Gasteiger partial charge in [-0.15, -0.1) is 0 Å². The predicted octanol–water partition coefficient (Wildman–Crippen LogP) is 4.41. The number of amides is 2. The van der Waals surface area contributed by atoms with Gasteiger partial charge in [0.05, 0.1) is 5.92 Å². The Bertz CT molecular complexity index is 990. The lowest BCUT2D eigenvalue weighted by molar-refractivity contribution is -0.138. The first-order chi connectivity index (χ1) is 16.2. The third kappa shape index (κ3) is 5.95. The molecule has 0 bridgehead atoms. The highest BCUT2D eigenvalue weighted by atomic mass is 16.5. The molecule has 0 spiro atoms. The zero-order valence-electron chi connectivity index (χ0n) is 20.2. The van der Waals surface area contributed by atoms with Crippen molar-refractivity contribution in [3.63, 3.8) is 0 Å². The Kier molecular flexibility index (Phi) is 8.31. The van der Waals surface area contributed by atoms with Crippen molar-refractivity contribution in [1.82, 2.24) is 10.6 Å². The summed E-state index contributed by atoms with van der Waals surface area (Å²) in [5, 5.41) is 14.5. The minimum Gasteiger partial charge on any atom is -0.481 e. The summed E-state index contributed by atoms with van der Waals surface area (Å²) in [6, 6.07) is 15.8. The fraction of sp³-hybridized carbons (Fsp3) is 0.444. The molecule has 34 heavy (non-hydrogen) atoms. The van der Waals surface area contributed by atoms with Gasteiger partial charge in [-0.2, -0.15) is 0 Å². The van der Waals surface area contributed by atoms with Crippen molar-refractivity contribution in [2.75, 3.05) is 13.2 Å². The van der Waals surface area contributed by atoms with Gasteiger partial charge in [-0.3, -0.25) is 9.59 Å². The Labute approximate surface area is 200 Å². The van der Waals surface area contributed by atoms with Crippen LogP contribution < -0.4 is 10.6 Å². The van der Waals surface area contributed by atoms with Gasteiger partial charge in [0.25, 0.3) is 0 Å². The van der Waals surface area contributed by atoms with Crippen molar-refractivity contribution in [2.45, 2.75) is 46.1 Å². The van der Waals surface area contributed by atoms with Crippen LogP contribution in [0.4, 0.5) is 4.79 Å². The topological polar surface area (TPSA) is 105 Å². The standard InChI is InChI=1S/C27H34N2O5/c1-16(2)25(26(32)28-14-17(3)13-24(30)31)18(4)29-27(33)34-15-23-21-11-7-5-9-19(21)20-10-6-8-12-22(20)23/h5-12,16-18,23,25H,13-15H2,1-4H3,(H,28,32)(H,29,33)(H,30,31). The Morgan fingerprint density at radius 3 is 2.03 bits per heavy atom. The van der Waals surface area contributed by atoms with Gasteiger partial charge in [0.15, 0.2) is 0 Å². The lowest BCUT2D eigenvalue weighted by Gasteiger charge is -2.27. The summed E-state index contributed by atoms with van der Waals surface area (Å²) in [7, 11) is 0. The minimum atomic E-state index is -0.896. The van der Waals surface area contributed by atoms with Gasteiger partial charge in [0, 0.05) is 24.9 Å². The van der Waals surface area contributed by atoms with Crippen LogP contribution in [0.3, 0.4) is 0 Å². The second-order valence-corrected chi connectivity index (χ2v) is 9.48. The SMILES string of the molecule is CC(CNC(=O)C(C(C)C)C(C)NC(=O)OCC1c2ccccc2-c2ccccc21)CC(=O)O. The summed E-state index contributed by atoms with van der Waals surface area (Å²) in [6.07, 6.45) is -0.577. The van der Waals surface area contributed by atoms with Gasteiger partial charge in [-0.05, 0) is 41.0 Å². The zero-order valence-corrected chi connectivity index (χ0v) is 20.2. The van der Waals surface area contributed by atoms with Crippen molar-refractivity contribution in [2.24, 2.45) is 17.8 Å². The van der Waals surface area contributed by atoms with E-state index in [0.717, 1.165) is 22.3 Å². The number of carboxylic acids is 1. The maximum atomic E-state index is 12.8. The lowest BCUT2D eigenvalue weighted by atomic mass is 9.88. The van der Waals surface area contributed by atoms with Crippen molar-refractivity contribution < 1.29 is 24.2 Å². The van der Waals surface area contributed by atoms with Crippen LogP contribution in [0.2, 0.25) is 0 Å². The quantitative estimate of drug-likeness (QED) is 0.481. The average molecular weight is 467 g/mol. The second kappa shape index (κ2) is 11.2. The molecular weight excluding hydrogens is 432 g/mol. The molecule has 182 valence electrons. The van der Waals surface area contributed by atoms with Crippen molar-refractivity contribution in [1.29, 1.82) is 0 Å². The number of nitrogens with one attached hydrogen (secondary N) is 2. The van der Waals surface area contributed by atoms with E-state index in [-0.39, 0.29) is 43.2 Å². The number of carbonyl (C=O) groups excluding carboxylic acids is 2. The molecule has 2 aromatic rings. The maximum absolute atomic E-state index is 12.8. The largest absolute Gasteiger partial charge is 0.481 e. The Hall–Kier alpha value is -3.35. The van der Waals surface area contributed by atoms with Gasteiger partial charge >= 0.3 is 12.1 Å². The molecule has 3 N–H and O–H groups in total. The van der Waals surface area contributed by atoms with E-state index in [1.54, 1.807) is 13.8 Å². The first kappa shape index (κ1) is 25.3. The molecular formula is C27H34N2O5. The maximum Gasteiger partial charge on any atom is 0.407 e. The molecule has 0 aliphatic heterocycles. The smallest absolute Gasteiger partial charge is 0.407 e. The van der Waals surface area contributed by atoms with Gasteiger partial charge in [0.1, 0.15) is 6.61 Å². The van der Waals surface area contributed by atoms with Crippen molar-refractivity contribution >= 4 is 18.0 Å². The molecule has 3 atom stereocenters. The minimum absolute atomic E-state index is 0.0137. The van der Waals surface area contributed by atoms with Gasteiger partial charge < -0.3 is 20.5 Å². The van der Waals surface area contributed by atoms with Gasteiger partial charge in [-0.1, -0.05) is 69.3 Å². The highest BCUT2D eigenvalue weighted by Crippen LogP contribution is 2.44. The van der Waals surface area contributed by atoms with Gasteiger partial charge in [0.2, 0.25) is 5.91 Å². The van der Waals surface area contributed by atoms with E-state index in [2.05, 4.69) is 34.9 Å². The number of hydrogen-bond acceptors (Lipinski definition) is 4. The number of hydrogen-bond donors (Lipinski definition) is 3. The van der Waals surface area contributed by atoms with Crippen molar-refractivity contribution in [3.8, 4) is 11.1 Å². The Balaban J connectivity index is 1.58. The molecule has 0 saturated heterocycles. The van der Waals surface area contributed by atoms with Crippen LogP contribution in [0.1, 0.15) is 51.2 Å². The van der Waals surface area contributed by atoms with Gasteiger partial charge in [-0.25, -0.2) is 4.79 Å². The summed E-state index contributed by atoms with van der Waals surface area (Å²) >= 11 is 0. The fourth-order valence-corrected chi connectivity index (χ4v) is 4.79. The molecule has 2 aromatic carbocycles. The van der Waals surface area contributed by atoms with Crippen LogP contribution in [0.5, 0.6) is 0 Å². The number of alkyl carbamates (subject to hydrolysis) is 1. The number of aliphatic carboxylic acids is 1. The number of benzene rings is 2. The molecule has 0 heterocycles. The predicted molar refractivity (Wildman–Crippen MR) is 130 cm³/mol. The fourth-order valence-electron chi connectivity index (χ4n) is 4.79. The van der Waals surface area contributed by atoms with Crippen LogP contribution >= 0.6 is 0 Å². The Morgan fingerprint density at radius 1 is 0.941 bits per heavy atom. The van der Waals surface area contributed by atoms with E-state index >= 15 is 0 Å². The van der Waals surface area contributed by atoms with E-state index < -0.39 is 24.0 Å². The molecule has 0 saturated carbocycles. The van der Waals surface area contributed by atoms with Crippen LogP contribution in [0, 0.1) is 17.8 Å². The molecule has 2 amide bonds. The number of rotatable bonds is 10. The molecule has 1 aliphatic rings. The average Bonchev–Trinajstić information content (AvgIpc) is 3.09. The summed E-state index contributed by atoms with van der Waals surface area (Å²) in [5.74, 6) is -1.82. The molecule has 1 aliphatic carbocycles. The Morgan fingerprint density at radius 2 is 1.50 bits per heavy atom. The molecule has 7 nitrogen and oxygen atoms in total. The van der Waals surface area contributed by atoms with E-state index in [0.29, 0.717) is 0 Å². The summed E-state index contributed by atoms with van der Waals surface area (Å²) in [6.45, 7) is 7.87. The monoisotopic (exact) mass is 466 g/mol. The highest BCUT2D eigenvalue weighted by molar-refractivity contribution is 5.81. The first-order valence-electron chi connectivity index (χ1n) is 11.8. The third-order valence-electron chi connectivity index (χ3n) is 6.40. The summed E-state index contributed by atoms with van der Waals surface area (Å²) in [5.41, 5.74) is 4.60. The first-order valence-corrected chi connectivity index (χ1v) is 11.8. The third-order valence-corrected chi connectivity index (χ3v) is 6.40. The van der Waals surface area contributed by atoms with E-state index in [1.807, 2.05) is 38.1 Å². The summed E-state index contributed by atoms with van der Waals surface area (Å²) < 4.78 is 5.61. The molecule has 3 unspecified atom stereocenters. The highest BCUT2D eigenvalue weighted by Gasteiger charge is 2.32. The van der Waals surface area contributed by atoms with E-state index in [1.165, 1.54) is 0 Å². The molecule has 0 radical (unpaired) electrons. The van der Waals surface area contributed by atoms with Crippen LogP contribution in [-0.4, -0.2) is 42.3 Å². The van der Waals surface area contributed by atoms with Crippen LogP contribution in [0.25, 0.3) is 11.1 Å². The molecule has 0 aromatic heterocycles. The number of carboxylic acid groups (broad SMARTS) is 1. The van der Waals surface area contributed by atoms with Crippen molar-refractivity contribution in [3.05, 3.63) is 59.7 Å². The molecule has 3 rings (SSSR count). The number of carbonyl (C=O) groups is 3. The van der Waals surface area contributed by atoms with Crippen LogP contribution in [0.15, 0.2) is 48.5 Å². The summed E-state index contributed by atoms with van der Waals surface area (Å²) in [4.78, 5) is 36.3. The number of ether oxygens (including phenoxy) is 1. The molecule has 0 fully saturated rings. The van der Waals surface area contributed by atoms with Crippen LogP contribution in [-0.2, 0) is 14.3 Å². The number of fused-ring (bicyclic) bond motifs is 3. The molecule has 7 heteroatoms. The second-order valence-electron chi connectivity index (χ2n) is 9.48. The van der Waals surface area contributed by atoms with E-state index in [9.17, 15) is 14.4 Å². The normalized spacial score (nSPS) is 15.1. The lowest BCUT2D eigenvalue weighted by Crippen LogP contribution is -2.48.